The van der Waals surface area contributed by atoms with E-state index >= 15 is 0 Å². The van der Waals surface area contributed by atoms with E-state index in [0.29, 0.717) is 0 Å². The van der Waals surface area contributed by atoms with Crippen LogP contribution in [-0.2, 0) is 10.0 Å². The van der Waals surface area contributed by atoms with E-state index in [1.54, 1.807) is 0 Å². The van der Waals surface area contributed by atoms with E-state index in [-0.39, 0.29) is 16.5 Å². The molecule has 2 rings (SSSR count). The van der Waals surface area contributed by atoms with Crippen LogP contribution < -0.4 is 4.72 Å². The third-order valence-corrected chi connectivity index (χ3v) is 4.05. The smallest absolute Gasteiger partial charge is 0.252 e. The molecule has 1 saturated carbocycles. The van der Waals surface area contributed by atoms with Crippen molar-refractivity contribution in [2.75, 3.05) is 0 Å². The van der Waals surface area contributed by atoms with Crippen molar-refractivity contribution < 1.29 is 13.2 Å². The van der Waals surface area contributed by atoms with Crippen LogP contribution >= 0.6 is 11.6 Å². The number of hydrogen-bond donors (Lipinski definition) is 1. The Balaban J connectivity index is 2.23. The minimum absolute atomic E-state index is 0.0688. The van der Waals surface area contributed by atoms with Gasteiger partial charge < -0.3 is 0 Å². The summed E-state index contributed by atoms with van der Waals surface area (Å²) < 4.78 is 26.0. The number of benzene rings is 1. The lowest BCUT2D eigenvalue weighted by molar-refractivity contribution is 0.108. The van der Waals surface area contributed by atoms with E-state index in [1.807, 2.05) is 0 Å². The Bertz CT molecular complexity index is 505. The summed E-state index contributed by atoms with van der Waals surface area (Å²) in [4.78, 5) is 10.9. The highest BCUT2D eigenvalue weighted by Gasteiger charge is 2.27. The summed E-state index contributed by atoms with van der Waals surface area (Å²) in [6.07, 6.45) is 1.77. The van der Waals surface area contributed by atoms with Gasteiger partial charge in [-0.25, -0.2) is 13.1 Å². The SMILES string of the molecule is O=C(Cl)c1ccc(S(=O)(=O)NC2CC2)cc1. The monoisotopic (exact) mass is 259 g/mol. The quantitative estimate of drug-likeness (QED) is 0.834. The largest absolute Gasteiger partial charge is 0.276 e. The maximum atomic E-state index is 11.7. The Labute approximate surface area is 98.7 Å². The molecular weight excluding hydrogens is 250 g/mol. The normalized spacial score (nSPS) is 16.1. The molecule has 0 unspecified atom stereocenters. The first kappa shape index (κ1) is 11.6. The summed E-state index contributed by atoms with van der Waals surface area (Å²) in [5, 5.41) is -0.598. The van der Waals surface area contributed by atoms with Crippen LogP contribution in [0.5, 0.6) is 0 Å². The number of carbonyl (C=O) groups is 1. The fourth-order valence-corrected chi connectivity index (χ4v) is 2.68. The van der Waals surface area contributed by atoms with Gasteiger partial charge in [0.1, 0.15) is 0 Å². The van der Waals surface area contributed by atoms with Crippen LogP contribution in [-0.4, -0.2) is 19.7 Å². The second-order valence-electron chi connectivity index (χ2n) is 3.69. The molecule has 0 aromatic heterocycles. The van der Waals surface area contributed by atoms with Gasteiger partial charge in [-0.15, -0.1) is 0 Å². The molecule has 0 radical (unpaired) electrons. The van der Waals surface area contributed by atoms with E-state index in [2.05, 4.69) is 4.72 Å². The molecule has 1 N–H and O–H groups in total. The first-order valence-corrected chi connectivity index (χ1v) is 6.67. The van der Waals surface area contributed by atoms with Crippen LogP contribution in [0.15, 0.2) is 29.2 Å². The summed E-state index contributed by atoms with van der Waals surface area (Å²) >= 11 is 5.26. The highest BCUT2D eigenvalue weighted by atomic mass is 35.5. The average Bonchev–Trinajstić information content (AvgIpc) is 3.01. The minimum Gasteiger partial charge on any atom is -0.276 e. The Kier molecular flexibility index (Phi) is 3.01. The van der Waals surface area contributed by atoms with E-state index in [1.165, 1.54) is 24.3 Å². The molecule has 0 aliphatic heterocycles. The fraction of sp³-hybridized carbons (Fsp3) is 0.300. The molecule has 6 heteroatoms. The lowest BCUT2D eigenvalue weighted by Crippen LogP contribution is -2.25. The number of sulfonamides is 1. The molecular formula is C10H10ClNO3S. The van der Waals surface area contributed by atoms with Crippen LogP contribution in [0, 0.1) is 0 Å². The summed E-state index contributed by atoms with van der Waals surface area (Å²) in [6, 6.07) is 5.62. The average molecular weight is 260 g/mol. The Morgan fingerprint density at radius 2 is 1.81 bits per heavy atom. The van der Waals surface area contributed by atoms with Gasteiger partial charge in [-0.1, -0.05) is 0 Å². The van der Waals surface area contributed by atoms with Crippen molar-refractivity contribution in [3.05, 3.63) is 29.8 Å². The van der Waals surface area contributed by atoms with Crippen LogP contribution in [0.4, 0.5) is 0 Å². The molecule has 0 saturated heterocycles. The summed E-state index contributed by atoms with van der Waals surface area (Å²) in [7, 11) is -3.44. The van der Waals surface area contributed by atoms with Gasteiger partial charge in [-0.3, -0.25) is 4.79 Å². The van der Waals surface area contributed by atoms with Gasteiger partial charge in [0.05, 0.1) is 4.90 Å². The zero-order valence-electron chi connectivity index (χ0n) is 8.31. The van der Waals surface area contributed by atoms with Gasteiger partial charge in [-0.2, -0.15) is 0 Å². The van der Waals surface area contributed by atoms with Gasteiger partial charge in [0, 0.05) is 11.6 Å². The zero-order chi connectivity index (χ0) is 11.8. The predicted molar refractivity (Wildman–Crippen MR) is 60.0 cm³/mol. The molecule has 1 aliphatic carbocycles. The molecule has 16 heavy (non-hydrogen) atoms. The molecule has 0 amide bonds. The predicted octanol–water partition coefficient (Wildman–Crippen LogP) is 1.51. The summed E-state index contributed by atoms with van der Waals surface area (Å²) in [5.74, 6) is 0. The summed E-state index contributed by atoms with van der Waals surface area (Å²) in [6.45, 7) is 0. The van der Waals surface area contributed by atoms with Crippen molar-refractivity contribution in [3.63, 3.8) is 0 Å². The summed E-state index contributed by atoms with van der Waals surface area (Å²) in [5.41, 5.74) is 0.284. The van der Waals surface area contributed by atoms with Crippen molar-refractivity contribution in [1.29, 1.82) is 0 Å². The number of halogens is 1. The fourth-order valence-electron chi connectivity index (χ4n) is 1.25. The van der Waals surface area contributed by atoms with Crippen LogP contribution in [0.25, 0.3) is 0 Å². The van der Waals surface area contributed by atoms with Crippen LogP contribution in [0.2, 0.25) is 0 Å². The van der Waals surface area contributed by atoms with Gasteiger partial charge in [-0.05, 0) is 48.7 Å². The highest BCUT2D eigenvalue weighted by Crippen LogP contribution is 2.22. The van der Waals surface area contributed by atoms with Gasteiger partial charge >= 0.3 is 0 Å². The van der Waals surface area contributed by atoms with Crippen molar-refractivity contribution >= 4 is 26.9 Å². The highest BCUT2D eigenvalue weighted by molar-refractivity contribution is 7.89. The van der Waals surface area contributed by atoms with Gasteiger partial charge in [0.25, 0.3) is 5.24 Å². The van der Waals surface area contributed by atoms with Crippen molar-refractivity contribution in [1.82, 2.24) is 4.72 Å². The van der Waals surface area contributed by atoms with Crippen molar-refractivity contribution in [2.45, 2.75) is 23.8 Å². The topological polar surface area (TPSA) is 63.2 Å². The zero-order valence-corrected chi connectivity index (χ0v) is 9.88. The molecule has 0 bridgehead atoms. The Morgan fingerprint density at radius 1 is 1.25 bits per heavy atom. The molecule has 1 aliphatic rings. The third kappa shape index (κ3) is 2.61. The van der Waals surface area contributed by atoms with Gasteiger partial charge in [0.2, 0.25) is 10.0 Å². The number of nitrogens with one attached hydrogen (secondary N) is 1. The standard InChI is InChI=1S/C10H10ClNO3S/c11-10(13)7-1-5-9(6-2-7)16(14,15)12-8-3-4-8/h1-2,5-6,8,12H,3-4H2. The molecule has 0 spiro atoms. The molecule has 0 atom stereocenters. The van der Waals surface area contributed by atoms with Crippen molar-refractivity contribution in [2.24, 2.45) is 0 Å². The second-order valence-corrected chi connectivity index (χ2v) is 5.75. The number of rotatable bonds is 4. The van der Waals surface area contributed by atoms with E-state index < -0.39 is 15.3 Å². The first-order valence-electron chi connectivity index (χ1n) is 4.81. The third-order valence-electron chi connectivity index (χ3n) is 2.29. The van der Waals surface area contributed by atoms with Crippen LogP contribution in [0.1, 0.15) is 23.2 Å². The Hall–Kier alpha value is -0.910. The lowest BCUT2D eigenvalue weighted by Gasteiger charge is -2.05. The first-order chi connectivity index (χ1) is 7.49. The Morgan fingerprint density at radius 3 is 2.25 bits per heavy atom. The molecule has 86 valence electrons. The van der Waals surface area contributed by atoms with Crippen molar-refractivity contribution in [3.8, 4) is 0 Å². The lowest BCUT2D eigenvalue weighted by atomic mass is 10.2. The number of carbonyl (C=O) groups excluding carboxylic acids is 1. The maximum absolute atomic E-state index is 11.7. The molecule has 4 nitrogen and oxygen atoms in total. The molecule has 1 fully saturated rings. The molecule has 1 aromatic carbocycles. The minimum atomic E-state index is -3.44. The van der Waals surface area contributed by atoms with Gasteiger partial charge in [0.15, 0.2) is 0 Å². The number of hydrogen-bond acceptors (Lipinski definition) is 3. The second kappa shape index (κ2) is 4.16. The van der Waals surface area contributed by atoms with E-state index in [4.69, 9.17) is 11.6 Å². The molecule has 0 heterocycles. The maximum Gasteiger partial charge on any atom is 0.252 e. The van der Waals surface area contributed by atoms with Crippen LogP contribution in [0.3, 0.4) is 0 Å². The van der Waals surface area contributed by atoms with E-state index in [9.17, 15) is 13.2 Å². The van der Waals surface area contributed by atoms with E-state index in [0.717, 1.165) is 12.8 Å². The molecule has 1 aromatic rings.